The molecular weight excluding hydrogens is 1010 g/mol. The predicted molar refractivity (Wildman–Crippen MR) is 345 cm³/mol. The lowest BCUT2D eigenvalue weighted by Gasteiger charge is -2.25. The van der Waals surface area contributed by atoms with E-state index < -0.39 is 24.3 Å². The highest BCUT2D eigenvalue weighted by Gasteiger charge is 2.25. The van der Waals surface area contributed by atoms with E-state index in [1.807, 2.05) is 21.1 Å². The number of aliphatic carboxylic acids is 1. The van der Waals surface area contributed by atoms with Crippen molar-refractivity contribution in [1.29, 1.82) is 0 Å². The molecule has 0 bridgehead atoms. The topological polar surface area (TPSA) is 108 Å². The summed E-state index contributed by atoms with van der Waals surface area (Å²) in [7, 11) is 5.97. The molecule has 0 radical (unpaired) electrons. The molecule has 2 unspecified atom stereocenters. The van der Waals surface area contributed by atoms with E-state index in [1.165, 1.54) is 116 Å². The van der Waals surface area contributed by atoms with Crippen LogP contribution >= 0.6 is 0 Å². The number of hydrogen-bond acceptors (Lipinski definition) is 7. The standard InChI is InChI=1S/C72H121NO8/c1-6-8-10-12-14-16-18-20-22-24-26-28-30-32-33-34-35-36-37-39-41-43-45-47-49-51-53-55-57-59-61-63-70(75)81-68(67-80-72(71(76)77)78-65-64-73(3,4)5)66-79-69(74)62-60-58-56-54-52-50-48-46-44-42-40-38-31-29-27-25-23-21-19-17-15-13-11-9-7-2/h8-11,14-17,20-23,26-29,32-33,38,40,68,72H,6-7,12-13,18-19,24-25,30-31,34-37,39,41-67H2,1-5H3/p+1/b10-8-,11-9-,16-14-,17-15-,22-20-,23-21-,28-26-,29-27-,33-32-,40-38-. The summed E-state index contributed by atoms with van der Waals surface area (Å²) in [6, 6.07) is 0. The van der Waals surface area contributed by atoms with Crippen LogP contribution < -0.4 is 0 Å². The first-order valence-electron chi connectivity index (χ1n) is 32.7. The number of unbranched alkanes of at least 4 members (excludes halogenated alkanes) is 24. The molecule has 1 N–H and O–H groups in total. The monoisotopic (exact) mass is 1130 g/mol. The third-order valence-corrected chi connectivity index (χ3v) is 13.7. The Kier molecular flexibility index (Phi) is 58.5. The summed E-state index contributed by atoms with van der Waals surface area (Å²) in [6.07, 6.45) is 84.3. The fourth-order valence-electron chi connectivity index (χ4n) is 8.77. The minimum atomic E-state index is -1.52. The zero-order chi connectivity index (χ0) is 59.1. The highest BCUT2D eigenvalue weighted by atomic mass is 16.7. The van der Waals surface area contributed by atoms with E-state index in [0.717, 1.165) is 109 Å². The first-order valence-corrected chi connectivity index (χ1v) is 32.7. The predicted octanol–water partition coefficient (Wildman–Crippen LogP) is 20.0. The summed E-state index contributed by atoms with van der Waals surface area (Å²) in [6.45, 7) is 4.65. The highest BCUT2D eigenvalue weighted by molar-refractivity contribution is 5.71. The molecule has 0 spiro atoms. The molecule has 0 aliphatic heterocycles. The van der Waals surface area contributed by atoms with E-state index in [0.29, 0.717) is 17.4 Å². The second-order valence-electron chi connectivity index (χ2n) is 22.7. The van der Waals surface area contributed by atoms with Gasteiger partial charge in [0.25, 0.3) is 6.29 Å². The molecule has 0 heterocycles. The van der Waals surface area contributed by atoms with Crippen LogP contribution in [0.1, 0.15) is 258 Å². The Hall–Kier alpha value is -4.31. The van der Waals surface area contributed by atoms with Crippen molar-refractivity contribution >= 4 is 17.9 Å². The van der Waals surface area contributed by atoms with Gasteiger partial charge in [-0.1, -0.05) is 264 Å². The van der Waals surface area contributed by atoms with Gasteiger partial charge in [-0.05, 0) is 103 Å². The summed E-state index contributed by atoms with van der Waals surface area (Å²) in [4.78, 5) is 37.6. The lowest BCUT2D eigenvalue weighted by molar-refractivity contribution is -0.870. The number of hydrogen-bond donors (Lipinski definition) is 1. The Morgan fingerprint density at radius 1 is 0.370 bits per heavy atom. The molecule has 0 rings (SSSR count). The molecule has 2 atom stereocenters. The van der Waals surface area contributed by atoms with Crippen LogP contribution in [0.5, 0.6) is 0 Å². The number of nitrogens with zero attached hydrogens (tertiary/aromatic N) is 1. The molecule has 0 saturated carbocycles. The number of carbonyl (C=O) groups excluding carboxylic acids is 2. The number of esters is 2. The van der Waals surface area contributed by atoms with Gasteiger partial charge in [-0.25, -0.2) is 4.79 Å². The van der Waals surface area contributed by atoms with Gasteiger partial charge < -0.3 is 28.5 Å². The van der Waals surface area contributed by atoms with Crippen molar-refractivity contribution in [3.05, 3.63) is 122 Å². The van der Waals surface area contributed by atoms with E-state index >= 15 is 0 Å². The van der Waals surface area contributed by atoms with Crippen LogP contribution in [0.4, 0.5) is 0 Å². The normalized spacial score (nSPS) is 13.5. The van der Waals surface area contributed by atoms with Crippen molar-refractivity contribution in [1.82, 2.24) is 0 Å². The molecule has 0 aliphatic rings. The van der Waals surface area contributed by atoms with Crippen molar-refractivity contribution in [2.24, 2.45) is 0 Å². The van der Waals surface area contributed by atoms with Crippen LogP contribution in [0.15, 0.2) is 122 Å². The number of carboxylic acid groups (broad SMARTS) is 1. The Labute approximate surface area is 497 Å². The van der Waals surface area contributed by atoms with Crippen molar-refractivity contribution in [3.8, 4) is 0 Å². The summed E-state index contributed by atoms with van der Waals surface area (Å²) >= 11 is 0. The van der Waals surface area contributed by atoms with Gasteiger partial charge >= 0.3 is 17.9 Å². The second kappa shape index (κ2) is 61.8. The van der Waals surface area contributed by atoms with Crippen LogP contribution in [-0.2, 0) is 33.3 Å². The average Bonchev–Trinajstić information content (AvgIpc) is 3.44. The number of ether oxygens (including phenoxy) is 4. The van der Waals surface area contributed by atoms with E-state index in [-0.39, 0.29) is 38.6 Å². The van der Waals surface area contributed by atoms with E-state index in [9.17, 15) is 19.5 Å². The molecule has 0 aromatic carbocycles. The van der Waals surface area contributed by atoms with Gasteiger partial charge in [0.1, 0.15) is 13.2 Å². The molecule has 0 aromatic heterocycles. The fraction of sp³-hybridized carbons (Fsp3) is 0.681. The van der Waals surface area contributed by atoms with E-state index in [1.54, 1.807) is 0 Å². The molecule has 0 aromatic rings. The Balaban J connectivity index is 4.18. The number of likely N-dealkylation sites (N-methyl/N-ethyl adjacent to an activating group) is 1. The van der Waals surface area contributed by atoms with E-state index in [4.69, 9.17) is 18.9 Å². The van der Waals surface area contributed by atoms with Gasteiger partial charge in [-0.15, -0.1) is 0 Å². The average molecular weight is 1130 g/mol. The van der Waals surface area contributed by atoms with Crippen LogP contribution in [0.3, 0.4) is 0 Å². The van der Waals surface area contributed by atoms with E-state index in [2.05, 4.69) is 135 Å². The molecule has 9 heteroatoms. The van der Waals surface area contributed by atoms with Gasteiger partial charge in [0.15, 0.2) is 6.10 Å². The fourth-order valence-corrected chi connectivity index (χ4v) is 8.77. The molecule has 0 amide bonds. The number of allylic oxidation sites excluding steroid dienone is 20. The SMILES string of the molecule is CC/C=C\C/C=C\C/C=C\C/C=C\C/C=C\CCCCCCCCCCCCCCCCCC(=O)OC(COC(=O)CCCCCCCCCCC/C=C\C/C=C\C/C=C\C/C=C\C/C=C\CC)COC(OCC[N+](C)(C)C)C(=O)O. The Morgan fingerprint density at radius 3 is 0.988 bits per heavy atom. The quantitative estimate of drug-likeness (QED) is 0.0211. The highest BCUT2D eigenvalue weighted by Crippen LogP contribution is 2.16. The minimum Gasteiger partial charge on any atom is -0.477 e. The maximum Gasteiger partial charge on any atom is 0.361 e. The largest absolute Gasteiger partial charge is 0.477 e. The van der Waals surface area contributed by atoms with Gasteiger partial charge in [-0.2, -0.15) is 0 Å². The third kappa shape index (κ3) is 63.1. The second-order valence-corrected chi connectivity index (χ2v) is 22.7. The Morgan fingerprint density at radius 2 is 0.667 bits per heavy atom. The van der Waals surface area contributed by atoms with Crippen LogP contribution in [0.25, 0.3) is 0 Å². The van der Waals surface area contributed by atoms with Crippen molar-refractivity contribution in [2.75, 3.05) is 47.5 Å². The number of rotatable bonds is 59. The molecule has 462 valence electrons. The van der Waals surface area contributed by atoms with Gasteiger partial charge in [0.05, 0.1) is 34.4 Å². The molecule has 0 aliphatic carbocycles. The molecule has 0 fully saturated rings. The molecule has 81 heavy (non-hydrogen) atoms. The van der Waals surface area contributed by atoms with Crippen LogP contribution in [0.2, 0.25) is 0 Å². The van der Waals surface area contributed by atoms with Crippen LogP contribution in [-0.4, -0.2) is 87.4 Å². The van der Waals surface area contributed by atoms with Crippen molar-refractivity contribution in [3.63, 3.8) is 0 Å². The first-order chi connectivity index (χ1) is 39.6. The lowest BCUT2D eigenvalue weighted by atomic mass is 10.0. The summed E-state index contributed by atoms with van der Waals surface area (Å²) in [5.74, 6) is -2.02. The third-order valence-electron chi connectivity index (χ3n) is 13.7. The van der Waals surface area contributed by atoms with Gasteiger partial charge in [-0.3, -0.25) is 9.59 Å². The smallest absolute Gasteiger partial charge is 0.361 e. The first kappa shape index (κ1) is 76.7. The van der Waals surface area contributed by atoms with Crippen molar-refractivity contribution in [2.45, 2.75) is 270 Å². The minimum absolute atomic E-state index is 0.182. The van der Waals surface area contributed by atoms with Gasteiger partial charge in [0.2, 0.25) is 0 Å². The Bertz CT molecular complexity index is 1740. The zero-order valence-corrected chi connectivity index (χ0v) is 52.7. The zero-order valence-electron chi connectivity index (χ0n) is 52.7. The summed E-state index contributed by atoms with van der Waals surface area (Å²) in [5, 5.41) is 9.74. The van der Waals surface area contributed by atoms with Crippen molar-refractivity contribution < 1.29 is 42.9 Å². The maximum atomic E-state index is 12.9. The number of carboxylic acids is 1. The molecule has 0 saturated heterocycles. The molecular formula is C72H122NO8+. The maximum absolute atomic E-state index is 12.9. The summed E-state index contributed by atoms with van der Waals surface area (Å²) in [5.41, 5.74) is 0. The molecule has 9 nitrogen and oxygen atoms in total. The number of quaternary nitrogens is 1. The van der Waals surface area contributed by atoms with Gasteiger partial charge in [0, 0.05) is 12.8 Å². The number of carbonyl (C=O) groups is 3. The van der Waals surface area contributed by atoms with Crippen LogP contribution in [0, 0.1) is 0 Å². The lowest BCUT2D eigenvalue weighted by Crippen LogP contribution is -2.40. The summed E-state index contributed by atoms with van der Waals surface area (Å²) < 4.78 is 22.9.